The highest BCUT2D eigenvalue weighted by atomic mass is 16.7. The molecule has 1 aromatic carbocycles. The van der Waals surface area contributed by atoms with Crippen LogP contribution in [0.3, 0.4) is 0 Å². The zero-order chi connectivity index (χ0) is 15.7. The van der Waals surface area contributed by atoms with Crippen molar-refractivity contribution in [1.82, 2.24) is 4.90 Å². The molecule has 1 saturated heterocycles. The summed E-state index contributed by atoms with van der Waals surface area (Å²) in [5.74, 6) is 1.11. The van der Waals surface area contributed by atoms with Crippen LogP contribution in [0.1, 0.15) is 19.4 Å². The number of benzene rings is 1. The van der Waals surface area contributed by atoms with Gasteiger partial charge in [0.1, 0.15) is 6.61 Å². The molecule has 1 unspecified atom stereocenters. The number of carbonyl (C=O) groups excluding carboxylic acids is 2. The summed E-state index contributed by atoms with van der Waals surface area (Å²) in [7, 11) is 0. The van der Waals surface area contributed by atoms with Crippen molar-refractivity contribution in [2.45, 2.75) is 19.9 Å². The molecule has 0 bridgehead atoms. The molecule has 3 rings (SSSR count). The molecule has 2 amide bonds. The summed E-state index contributed by atoms with van der Waals surface area (Å²) in [5, 5.41) is 0. The topological polar surface area (TPSA) is 65.1 Å². The highest BCUT2D eigenvalue weighted by molar-refractivity contribution is 6.02. The maximum Gasteiger partial charge on any atom is 0.417 e. The van der Waals surface area contributed by atoms with Crippen molar-refractivity contribution < 1.29 is 23.8 Å². The first-order valence-electron chi connectivity index (χ1n) is 7.14. The molecule has 0 N–H and O–H groups in total. The third kappa shape index (κ3) is 2.64. The van der Waals surface area contributed by atoms with E-state index in [1.54, 1.807) is 18.2 Å². The van der Waals surface area contributed by atoms with Crippen molar-refractivity contribution in [3.63, 3.8) is 0 Å². The van der Waals surface area contributed by atoms with Crippen LogP contribution in [-0.4, -0.2) is 36.3 Å². The molecule has 0 spiro atoms. The fourth-order valence-corrected chi connectivity index (χ4v) is 2.44. The van der Waals surface area contributed by atoms with Gasteiger partial charge in [0.05, 0.1) is 6.04 Å². The van der Waals surface area contributed by atoms with E-state index in [0.717, 1.165) is 5.56 Å². The Hall–Kier alpha value is -2.50. The first-order chi connectivity index (χ1) is 10.6. The van der Waals surface area contributed by atoms with Crippen LogP contribution in [0.2, 0.25) is 0 Å². The number of amides is 2. The zero-order valence-electron chi connectivity index (χ0n) is 12.4. The molecule has 1 aromatic rings. The Morgan fingerprint density at radius 3 is 2.82 bits per heavy atom. The van der Waals surface area contributed by atoms with Crippen molar-refractivity contribution in [2.24, 2.45) is 5.92 Å². The molecule has 0 aromatic heterocycles. The van der Waals surface area contributed by atoms with Crippen LogP contribution in [0.15, 0.2) is 24.3 Å². The van der Waals surface area contributed by atoms with Gasteiger partial charge >= 0.3 is 6.09 Å². The van der Waals surface area contributed by atoms with Crippen LogP contribution < -0.4 is 9.47 Å². The van der Waals surface area contributed by atoms with E-state index < -0.39 is 6.09 Å². The minimum Gasteiger partial charge on any atom is -0.454 e. The molecule has 6 heteroatoms. The number of imide groups is 1. The van der Waals surface area contributed by atoms with Crippen LogP contribution in [0.5, 0.6) is 11.5 Å². The maximum atomic E-state index is 12.3. The highest BCUT2D eigenvalue weighted by Gasteiger charge is 2.38. The van der Waals surface area contributed by atoms with E-state index in [1.165, 1.54) is 11.0 Å². The van der Waals surface area contributed by atoms with Gasteiger partial charge in [-0.1, -0.05) is 19.9 Å². The van der Waals surface area contributed by atoms with Gasteiger partial charge < -0.3 is 14.2 Å². The smallest absolute Gasteiger partial charge is 0.417 e. The first-order valence-corrected chi connectivity index (χ1v) is 7.14. The molecule has 0 radical (unpaired) electrons. The molecule has 1 atom stereocenters. The quantitative estimate of drug-likeness (QED) is 0.802. The van der Waals surface area contributed by atoms with Gasteiger partial charge in [-0.3, -0.25) is 4.79 Å². The van der Waals surface area contributed by atoms with Crippen LogP contribution in [-0.2, 0) is 9.53 Å². The second kappa shape index (κ2) is 5.71. The number of hydrogen-bond acceptors (Lipinski definition) is 5. The summed E-state index contributed by atoms with van der Waals surface area (Å²) in [5.41, 5.74) is 0.797. The van der Waals surface area contributed by atoms with Crippen molar-refractivity contribution >= 4 is 18.1 Å². The van der Waals surface area contributed by atoms with Crippen molar-refractivity contribution in [3.8, 4) is 11.5 Å². The molecule has 2 heterocycles. The predicted molar refractivity (Wildman–Crippen MR) is 78.4 cm³/mol. The highest BCUT2D eigenvalue weighted by Crippen LogP contribution is 2.32. The lowest BCUT2D eigenvalue weighted by molar-refractivity contribution is -0.124. The summed E-state index contributed by atoms with van der Waals surface area (Å²) in [6, 6.07) is 5.17. The lowest BCUT2D eigenvalue weighted by Gasteiger charge is -2.20. The van der Waals surface area contributed by atoms with Crippen molar-refractivity contribution in [3.05, 3.63) is 29.8 Å². The van der Waals surface area contributed by atoms with E-state index in [0.29, 0.717) is 11.5 Å². The number of ether oxygens (including phenoxy) is 3. The Morgan fingerprint density at radius 2 is 2.05 bits per heavy atom. The minimum absolute atomic E-state index is 0.148. The van der Waals surface area contributed by atoms with Crippen molar-refractivity contribution in [2.75, 3.05) is 13.4 Å². The molecular formula is C16H17NO5. The van der Waals surface area contributed by atoms with Gasteiger partial charge in [0.15, 0.2) is 11.5 Å². The molecule has 2 aliphatic heterocycles. The Labute approximate surface area is 128 Å². The Morgan fingerprint density at radius 1 is 1.27 bits per heavy atom. The minimum atomic E-state index is -0.584. The molecule has 0 saturated carbocycles. The third-order valence-electron chi connectivity index (χ3n) is 3.73. The van der Waals surface area contributed by atoms with E-state index in [2.05, 4.69) is 0 Å². The van der Waals surface area contributed by atoms with Crippen LogP contribution in [0.25, 0.3) is 6.08 Å². The van der Waals surface area contributed by atoms with E-state index in [1.807, 2.05) is 19.9 Å². The first kappa shape index (κ1) is 14.4. The van der Waals surface area contributed by atoms with E-state index in [-0.39, 0.29) is 31.3 Å². The monoisotopic (exact) mass is 303 g/mol. The van der Waals surface area contributed by atoms with E-state index >= 15 is 0 Å². The summed E-state index contributed by atoms with van der Waals surface area (Å²) in [4.78, 5) is 25.1. The summed E-state index contributed by atoms with van der Waals surface area (Å²) >= 11 is 0. The zero-order valence-corrected chi connectivity index (χ0v) is 12.4. The van der Waals surface area contributed by atoms with Gasteiger partial charge in [0, 0.05) is 6.08 Å². The second-order valence-electron chi connectivity index (χ2n) is 5.54. The molecule has 6 nitrogen and oxygen atoms in total. The largest absolute Gasteiger partial charge is 0.454 e. The molecule has 2 aliphatic rings. The van der Waals surface area contributed by atoms with Gasteiger partial charge in [0.25, 0.3) is 5.91 Å². The molecule has 22 heavy (non-hydrogen) atoms. The Bertz CT molecular complexity index is 637. The standard InChI is InChI=1S/C16H17NO5/c1-10(2)12-8-20-16(19)17(12)15(18)6-4-11-3-5-13-14(7-11)22-9-21-13/h3-7,10,12H,8-9H2,1-2H3. The van der Waals surface area contributed by atoms with Gasteiger partial charge in [0.2, 0.25) is 6.79 Å². The number of hydrogen-bond donors (Lipinski definition) is 0. The second-order valence-corrected chi connectivity index (χ2v) is 5.54. The predicted octanol–water partition coefficient (Wildman–Crippen LogP) is 2.43. The van der Waals surface area contributed by atoms with Gasteiger partial charge in [-0.2, -0.15) is 0 Å². The van der Waals surface area contributed by atoms with Gasteiger partial charge in [-0.25, -0.2) is 9.69 Å². The fraction of sp³-hybridized carbons (Fsp3) is 0.375. The van der Waals surface area contributed by atoms with Crippen LogP contribution >= 0.6 is 0 Å². The van der Waals surface area contributed by atoms with E-state index in [4.69, 9.17) is 14.2 Å². The third-order valence-corrected chi connectivity index (χ3v) is 3.73. The molecular weight excluding hydrogens is 286 g/mol. The number of nitrogens with zero attached hydrogens (tertiary/aromatic N) is 1. The summed E-state index contributed by atoms with van der Waals surface area (Å²) in [6.45, 7) is 4.36. The number of fused-ring (bicyclic) bond motifs is 1. The Kier molecular flexibility index (Phi) is 3.75. The lowest BCUT2D eigenvalue weighted by atomic mass is 10.0. The van der Waals surface area contributed by atoms with Crippen LogP contribution in [0, 0.1) is 5.92 Å². The number of cyclic esters (lactones) is 1. The SMILES string of the molecule is CC(C)C1COC(=O)N1C(=O)C=Cc1ccc2c(c1)OCO2. The number of carbonyl (C=O) groups is 2. The average molecular weight is 303 g/mol. The van der Waals surface area contributed by atoms with Crippen molar-refractivity contribution in [1.29, 1.82) is 0 Å². The van der Waals surface area contributed by atoms with Gasteiger partial charge in [-0.05, 0) is 29.7 Å². The maximum absolute atomic E-state index is 12.3. The summed E-state index contributed by atoms with van der Waals surface area (Å²) in [6.07, 6.45) is 2.44. The normalized spacial score (nSPS) is 20.0. The van der Waals surface area contributed by atoms with Gasteiger partial charge in [-0.15, -0.1) is 0 Å². The average Bonchev–Trinajstić information content (AvgIpc) is 3.10. The van der Waals surface area contributed by atoms with E-state index in [9.17, 15) is 9.59 Å². The molecule has 116 valence electrons. The fourth-order valence-electron chi connectivity index (χ4n) is 2.44. The van der Waals surface area contributed by atoms with Crippen LogP contribution in [0.4, 0.5) is 4.79 Å². The lowest BCUT2D eigenvalue weighted by Crippen LogP contribution is -2.40. The molecule has 1 fully saturated rings. The summed E-state index contributed by atoms with van der Waals surface area (Å²) < 4.78 is 15.5. The Balaban J connectivity index is 1.74. The number of rotatable bonds is 3. The molecule has 0 aliphatic carbocycles.